The van der Waals surface area contributed by atoms with Crippen LogP contribution in [0, 0.1) is 0 Å². The van der Waals surface area contributed by atoms with Gasteiger partial charge in [-0.05, 0) is 89.9 Å². The minimum absolute atomic E-state index is 0.0170. The number of hydrogen-bond donors (Lipinski definition) is 6. The summed E-state index contributed by atoms with van der Waals surface area (Å²) in [6.07, 6.45) is 88.3. The third kappa shape index (κ3) is 61.0. The molecule has 1 saturated heterocycles. The highest BCUT2D eigenvalue weighted by atomic mass is 16.7. The van der Waals surface area contributed by atoms with Gasteiger partial charge in [-0.2, -0.15) is 0 Å². The molecule has 1 amide bonds. The van der Waals surface area contributed by atoms with Crippen LogP contribution in [0.3, 0.4) is 0 Å². The smallest absolute Gasteiger partial charge is 0.305 e. The molecule has 11 nitrogen and oxygen atoms in total. The molecule has 0 aliphatic carbocycles. The van der Waals surface area contributed by atoms with Crippen LogP contribution in [0.5, 0.6) is 0 Å². The number of hydrogen-bond acceptors (Lipinski definition) is 10. The minimum atomic E-state index is -1.58. The third-order valence-corrected chi connectivity index (χ3v) is 19.3. The summed E-state index contributed by atoms with van der Waals surface area (Å²) in [6.45, 7) is 4.35. The lowest BCUT2D eigenvalue weighted by atomic mass is 9.99. The fourth-order valence-corrected chi connectivity index (χ4v) is 12.9. The van der Waals surface area contributed by atoms with Crippen LogP contribution >= 0.6 is 0 Å². The first-order valence-corrected chi connectivity index (χ1v) is 41.1. The Morgan fingerprint density at radius 1 is 0.389 bits per heavy atom. The van der Waals surface area contributed by atoms with Gasteiger partial charge in [0.1, 0.15) is 24.4 Å². The van der Waals surface area contributed by atoms with Gasteiger partial charge in [-0.25, -0.2) is 0 Å². The Balaban J connectivity index is 1.91. The Labute approximate surface area is 586 Å². The van der Waals surface area contributed by atoms with Crippen molar-refractivity contribution in [1.82, 2.24) is 5.32 Å². The molecule has 0 aromatic carbocycles. The van der Waals surface area contributed by atoms with E-state index in [4.69, 9.17) is 14.2 Å². The lowest BCUT2D eigenvalue weighted by Crippen LogP contribution is -2.60. The molecule has 7 atom stereocenters. The van der Waals surface area contributed by atoms with Crippen molar-refractivity contribution in [3.05, 3.63) is 60.8 Å². The highest BCUT2D eigenvalue weighted by molar-refractivity contribution is 5.76. The fourth-order valence-electron chi connectivity index (χ4n) is 12.9. The molecule has 1 aliphatic rings. The molecule has 0 aromatic heterocycles. The molecule has 0 saturated carbocycles. The molecule has 95 heavy (non-hydrogen) atoms. The van der Waals surface area contributed by atoms with Crippen molar-refractivity contribution in [2.75, 3.05) is 19.8 Å². The molecule has 0 bridgehead atoms. The largest absolute Gasteiger partial charge is 0.466 e. The van der Waals surface area contributed by atoms with Crippen molar-refractivity contribution in [3.8, 4) is 0 Å². The van der Waals surface area contributed by atoms with Crippen molar-refractivity contribution in [1.29, 1.82) is 0 Å². The number of rotatable bonds is 73. The van der Waals surface area contributed by atoms with Crippen LogP contribution in [0.4, 0.5) is 0 Å². The Kier molecular flexibility index (Phi) is 69.1. The van der Waals surface area contributed by atoms with Crippen molar-refractivity contribution >= 4 is 11.9 Å². The third-order valence-electron chi connectivity index (χ3n) is 19.3. The molecule has 6 N–H and O–H groups in total. The number of allylic oxidation sites excluding steroid dienone is 9. The average molecular weight is 1340 g/mol. The van der Waals surface area contributed by atoms with Gasteiger partial charge in [0.2, 0.25) is 5.91 Å². The maximum atomic E-state index is 13.1. The van der Waals surface area contributed by atoms with E-state index in [1.54, 1.807) is 6.08 Å². The Morgan fingerprint density at radius 3 is 1.12 bits per heavy atom. The van der Waals surface area contributed by atoms with Gasteiger partial charge in [-0.15, -0.1) is 0 Å². The van der Waals surface area contributed by atoms with E-state index >= 15 is 0 Å². The number of carbonyl (C=O) groups is 2. The Morgan fingerprint density at radius 2 is 0.716 bits per heavy atom. The average Bonchev–Trinajstić information content (AvgIpc) is 0.929. The van der Waals surface area contributed by atoms with E-state index in [0.717, 1.165) is 70.6 Å². The first kappa shape index (κ1) is 90.4. The maximum absolute atomic E-state index is 13.1. The number of aliphatic hydroxyl groups excluding tert-OH is 5. The summed E-state index contributed by atoms with van der Waals surface area (Å²) in [5.74, 6) is -0.175. The zero-order chi connectivity index (χ0) is 68.6. The van der Waals surface area contributed by atoms with E-state index in [2.05, 4.69) is 67.8 Å². The van der Waals surface area contributed by atoms with Gasteiger partial charge >= 0.3 is 5.97 Å². The van der Waals surface area contributed by atoms with Crippen LogP contribution < -0.4 is 5.32 Å². The second kappa shape index (κ2) is 72.6. The van der Waals surface area contributed by atoms with Crippen LogP contribution in [0.2, 0.25) is 0 Å². The van der Waals surface area contributed by atoms with E-state index in [1.807, 2.05) is 6.08 Å². The Hall–Kier alpha value is -2.64. The van der Waals surface area contributed by atoms with E-state index in [9.17, 15) is 35.1 Å². The number of ether oxygens (including phenoxy) is 3. The molecule has 0 radical (unpaired) electrons. The molecule has 0 aromatic rings. The highest BCUT2D eigenvalue weighted by Gasteiger charge is 2.44. The maximum Gasteiger partial charge on any atom is 0.305 e. The lowest BCUT2D eigenvalue weighted by molar-refractivity contribution is -0.302. The van der Waals surface area contributed by atoms with Crippen LogP contribution in [-0.2, 0) is 23.8 Å². The molecule has 1 rings (SSSR count). The monoisotopic (exact) mass is 1340 g/mol. The molecule has 7 unspecified atom stereocenters. The van der Waals surface area contributed by atoms with Crippen molar-refractivity contribution < 1.29 is 49.3 Å². The predicted octanol–water partition coefficient (Wildman–Crippen LogP) is 22.4. The zero-order valence-corrected chi connectivity index (χ0v) is 62.1. The fraction of sp³-hybridized carbons (Fsp3) is 0.857. The summed E-state index contributed by atoms with van der Waals surface area (Å²) in [6, 6.07) is -0.834. The number of aliphatic hydroxyl groups is 5. The molecule has 1 aliphatic heterocycles. The standard InChI is InChI=1S/C84H155NO10/c1-3-5-7-9-11-13-15-17-46-50-54-58-62-66-70-77(87)76(75-94-84-83(92)82(91)81(90)78(74-86)95-84)85-79(88)71-67-63-59-55-51-47-44-42-40-38-36-34-32-30-28-26-24-22-20-19-21-23-25-27-29-31-33-35-37-39-41-43-45-49-53-57-61-65-69-73-93-80(89)72-68-64-60-56-52-48-18-16-14-12-10-8-6-4-2/h13,15,19-20,23,25,50,54,66,70,76-78,81-84,86-87,90-92H,3-12,14,16-18,21-22,24,26-49,51-53,55-65,67-69,71-75H2,1-2H3,(H,85,88)/b15-13+,20-19-,25-23-,54-50+,70-66+. The quantitative estimate of drug-likeness (QED) is 0.0195. The van der Waals surface area contributed by atoms with Gasteiger partial charge in [0.15, 0.2) is 6.29 Å². The molecular weight excluding hydrogens is 1180 g/mol. The molecule has 556 valence electrons. The normalized spacial score (nSPS) is 17.7. The number of amides is 1. The van der Waals surface area contributed by atoms with Gasteiger partial charge in [0.05, 0.1) is 32.0 Å². The number of esters is 1. The van der Waals surface area contributed by atoms with Crippen LogP contribution in [0.25, 0.3) is 0 Å². The van der Waals surface area contributed by atoms with E-state index in [0.29, 0.717) is 19.4 Å². The summed E-state index contributed by atoms with van der Waals surface area (Å²) in [7, 11) is 0. The van der Waals surface area contributed by atoms with E-state index in [1.165, 1.54) is 302 Å². The second-order valence-corrected chi connectivity index (χ2v) is 28.5. The summed E-state index contributed by atoms with van der Waals surface area (Å²) < 4.78 is 16.8. The predicted molar refractivity (Wildman–Crippen MR) is 403 cm³/mol. The van der Waals surface area contributed by atoms with Gasteiger partial charge in [-0.3, -0.25) is 9.59 Å². The molecular formula is C84H155NO10. The summed E-state index contributed by atoms with van der Waals surface area (Å²) in [4.78, 5) is 25.2. The molecule has 11 heteroatoms. The van der Waals surface area contributed by atoms with Crippen molar-refractivity contribution in [2.45, 2.75) is 442 Å². The number of carbonyl (C=O) groups excluding carboxylic acids is 2. The van der Waals surface area contributed by atoms with Crippen LogP contribution in [0.1, 0.15) is 399 Å². The van der Waals surface area contributed by atoms with Gasteiger partial charge in [0, 0.05) is 12.8 Å². The SMILES string of the molecule is CCCCCC/C=C/CC/C=C/CC/C=C/C(O)C(COC1OC(CO)C(O)C(O)C1O)NC(=O)CCCCCCCCCCCCCCCCCCC/C=C\C/C=C\CCCCCCCCCCCCCCCCCOC(=O)CCCCCCCCCCCCCCCC. The van der Waals surface area contributed by atoms with Crippen molar-refractivity contribution in [2.24, 2.45) is 0 Å². The molecule has 1 heterocycles. The zero-order valence-electron chi connectivity index (χ0n) is 62.1. The lowest BCUT2D eigenvalue weighted by Gasteiger charge is -2.40. The summed E-state index contributed by atoms with van der Waals surface area (Å²) in [5, 5.41) is 54.6. The van der Waals surface area contributed by atoms with E-state index < -0.39 is 49.5 Å². The second-order valence-electron chi connectivity index (χ2n) is 28.5. The molecule has 1 fully saturated rings. The van der Waals surface area contributed by atoms with Gasteiger partial charge in [0.25, 0.3) is 0 Å². The van der Waals surface area contributed by atoms with E-state index in [-0.39, 0.29) is 18.5 Å². The summed E-state index contributed by atoms with van der Waals surface area (Å²) in [5.41, 5.74) is 0. The number of nitrogens with one attached hydrogen (secondary N) is 1. The first-order chi connectivity index (χ1) is 46.7. The highest BCUT2D eigenvalue weighted by Crippen LogP contribution is 2.24. The minimum Gasteiger partial charge on any atom is -0.466 e. The number of unbranched alkanes of at least 4 members (excludes halogenated alkanes) is 51. The van der Waals surface area contributed by atoms with Crippen LogP contribution in [0.15, 0.2) is 60.8 Å². The summed E-state index contributed by atoms with van der Waals surface area (Å²) >= 11 is 0. The van der Waals surface area contributed by atoms with Gasteiger partial charge in [-0.1, -0.05) is 357 Å². The molecule has 0 spiro atoms. The van der Waals surface area contributed by atoms with Crippen molar-refractivity contribution in [3.63, 3.8) is 0 Å². The Bertz CT molecular complexity index is 1770. The first-order valence-electron chi connectivity index (χ1n) is 41.1. The van der Waals surface area contributed by atoms with Gasteiger partial charge < -0.3 is 45.1 Å². The van der Waals surface area contributed by atoms with Crippen LogP contribution in [-0.4, -0.2) is 100 Å². The topological polar surface area (TPSA) is 175 Å².